The third-order valence-corrected chi connectivity index (χ3v) is 24.9. The van der Waals surface area contributed by atoms with Crippen molar-refractivity contribution < 1.29 is 33.1 Å². The Balaban J connectivity index is 0.838. The summed E-state index contributed by atoms with van der Waals surface area (Å²) in [7, 11) is 2.17. The molecule has 11 nitrogen and oxygen atoms in total. The van der Waals surface area contributed by atoms with Gasteiger partial charge in [-0.25, -0.2) is 4.58 Å². The summed E-state index contributed by atoms with van der Waals surface area (Å²) in [4.78, 5) is 63.2. The van der Waals surface area contributed by atoms with E-state index in [1.165, 1.54) is 41.9 Å². The van der Waals surface area contributed by atoms with Gasteiger partial charge in [0.15, 0.2) is 0 Å². The van der Waals surface area contributed by atoms with Crippen LogP contribution >= 0.6 is 0 Å². The van der Waals surface area contributed by atoms with Gasteiger partial charge >= 0.3 is 11.9 Å². The zero-order valence-corrected chi connectivity index (χ0v) is 54.3. The Morgan fingerprint density at radius 1 is 0.756 bits per heavy atom. The van der Waals surface area contributed by atoms with Crippen molar-refractivity contribution >= 4 is 35.0 Å². The maximum Gasteiger partial charge on any atom is 0.303 e. The molecule has 0 radical (unpaired) electrons. The van der Waals surface area contributed by atoms with Gasteiger partial charge in [-0.15, -0.1) is 0 Å². The normalized spacial score (nSPS) is 33.3. The molecule has 11 heteroatoms. The molecule has 2 aromatic rings. The zero-order valence-electron chi connectivity index (χ0n) is 54.3. The van der Waals surface area contributed by atoms with Gasteiger partial charge in [0.25, 0.3) is 5.91 Å². The first-order valence-electron chi connectivity index (χ1n) is 33.0. The molecular weight excluding hydrogens is 1070 g/mol. The largest absolute Gasteiger partial charge is 0.459 e. The number of allylic oxidation sites excluding steroid dienone is 6. The molecule has 4 saturated carbocycles. The number of likely N-dealkylation sites (N-methyl/N-ethyl adjacent to an activating group) is 1. The van der Waals surface area contributed by atoms with Crippen molar-refractivity contribution in [2.24, 2.45) is 56.7 Å². The van der Waals surface area contributed by atoms with Crippen molar-refractivity contribution in [2.75, 3.05) is 51.2 Å². The first-order valence-corrected chi connectivity index (χ1v) is 33.0. The van der Waals surface area contributed by atoms with Crippen molar-refractivity contribution in [1.82, 2.24) is 14.4 Å². The zero-order chi connectivity index (χ0) is 61.2. The monoisotopic (exact) mass is 1170 g/mol. The van der Waals surface area contributed by atoms with E-state index in [2.05, 4.69) is 170 Å². The number of nitrogens with zero attached hydrogens (tertiary/aromatic N) is 4. The predicted molar refractivity (Wildman–Crippen MR) is 342 cm³/mol. The summed E-state index contributed by atoms with van der Waals surface area (Å²) >= 11 is 0. The molecule has 0 spiro atoms. The molecule has 458 valence electrons. The van der Waals surface area contributed by atoms with E-state index >= 15 is 9.59 Å². The Labute approximate surface area is 512 Å². The van der Waals surface area contributed by atoms with E-state index in [4.69, 9.17) is 13.9 Å². The van der Waals surface area contributed by atoms with Crippen LogP contribution in [0.25, 0.3) is 28.0 Å². The second-order valence-corrected chi connectivity index (χ2v) is 29.6. The van der Waals surface area contributed by atoms with Gasteiger partial charge in [-0.05, 0) is 171 Å². The van der Waals surface area contributed by atoms with Crippen LogP contribution in [0.2, 0.25) is 0 Å². The van der Waals surface area contributed by atoms with Gasteiger partial charge in [-0.2, -0.15) is 0 Å². The Hall–Kier alpha value is -6.23. The van der Waals surface area contributed by atoms with E-state index in [-0.39, 0.29) is 57.2 Å². The number of amides is 2. The number of hydrogen-bond acceptors (Lipinski definition) is 8. The van der Waals surface area contributed by atoms with E-state index in [0.717, 1.165) is 116 Å². The minimum atomic E-state index is -0.524. The number of piperazine rings is 1. The maximum absolute atomic E-state index is 15.9. The fourth-order valence-electron chi connectivity index (χ4n) is 20.2. The van der Waals surface area contributed by atoms with Crippen LogP contribution in [0.1, 0.15) is 181 Å². The molecule has 2 amide bonds. The van der Waals surface area contributed by atoms with E-state index in [1.807, 2.05) is 17.0 Å². The number of carbonyl (C=O) groups is 4. The molecular formula is C75H97N4O7+. The highest BCUT2D eigenvalue weighted by Crippen LogP contribution is 2.76. The molecule has 3 heterocycles. The number of para-hydroxylation sites is 1. The molecule has 3 aliphatic heterocycles. The van der Waals surface area contributed by atoms with Gasteiger partial charge in [0.2, 0.25) is 11.3 Å². The smallest absolute Gasteiger partial charge is 0.303 e. The number of esters is 2. The third-order valence-electron chi connectivity index (χ3n) is 24.9. The minimum Gasteiger partial charge on any atom is -0.459 e. The molecule has 11 atom stereocenters. The third kappa shape index (κ3) is 9.15. The second-order valence-electron chi connectivity index (χ2n) is 29.6. The highest BCUT2D eigenvalue weighted by molar-refractivity contribution is 6.04. The summed E-state index contributed by atoms with van der Waals surface area (Å²) in [5, 5.41) is 1.11. The van der Waals surface area contributed by atoms with Crippen molar-refractivity contribution in [3.8, 4) is 22.5 Å². The lowest BCUT2D eigenvalue weighted by Gasteiger charge is -2.72. The van der Waals surface area contributed by atoms with Crippen molar-refractivity contribution in [3.05, 3.63) is 124 Å². The molecule has 86 heavy (non-hydrogen) atoms. The minimum absolute atomic E-state index is 0.00289. The summed E-state index contributed by atoms with van der Waals surface area (Å²) in [5.74, 6) is 2.84. The average molecular weight is 1170 g/mol. The number of anilines is 1. The summed E-state index contributed by atoms with van der Waals surface area (Å²) in [6.45, 7) is 32.5. The molecule has 0 bridgehead atoms. The first kappa shape index (κ1) is 60.1. The van der Waals surface area contributed by atoms with Crippen LogP contribution in [0, 0.1) is 56.7 Å². The number of carbonyl (C=O) groups excluding carboxylic acids is 4. The maximum atomic E-state index is 15.9. The van der Waals surface area contributed by atoms with Gasteiger partial charge in [-0.3, -0.25) is 19.2 Å². The standard InChI is InChI=1S/C75H97N4O7/c1-15-77(16-2)51-29-30-54-59(44-51)86-66-50(28-33-63-70(7,8)56-26-19-20-27-58(56)76(63)14)22-21-25-55(66)64(54)52-23-17-18-24-53(52)68(82)78-40-42-79(43-41-78)69(83)75-37-34-46(3)47(4)65(75)57-31-32-62-72(11)45-60(84-48(5)80)67(85-49(6)81)71(9,10)61(72)35-36-74(62,13)73(57,12)38-39-75/h17-20,23-24,26-31,33,44,46-47,60-62,65,67H,15-16,21-22,25,32,34-43,45H2,1-14H3/q+1/t46-,47+,60-,61+,62-,65+,67+,72+,73-,74-,75+/m1/s1. The van der Waals surface area contributed by atoms with Crippen LogP contribution in [-0.2, 0) is 35.7 Å². The topological polar surface area (TPSA) is 113 Å². The van der Waals surface area contributed by atoms with E-state index in [0.29, 0.717) is 55.9 Å². The number of rotatable bonds is 8. The van der Waals surface area contributed by atoms with Crippen LogP contribution in [0.15, 0.2) is 101 Å². The summed E-state index contributed by atoms with van der Waals surface area (Å²) in [6.07, 6.45) is 16.2. The fourth-order valence-corrected chi connectivity index (χ4v) is 20.2. The predicted octanol–water partition coefficient (Wildman–Crippen LogP) is 14.3. The molecule has 0 N–H and O–H groups in total. The average Bonchev–Trinajstić information content (AvgIpc) is 0.820. The summed E-state index contributed by atoms with van der Waals surface area (Å²) < 4.78 is 21.7. The first-order chi connectivity index (χ1) is 40.9. The van der Waals surface area contributed by atoms with Crippen LogP contribution in [0.3, 0.4) is 0 Å². The lowest BCUT2D eigenvalue weighted by molar-refractivity contribution is -0.244. The second kappa shape index (κ2) is 21.8. The Kier molecular flexibility index (Phi) is 15.2. The number of fused-ring (bicyclic) bond motifs is 10. The molecule has 5 fully saturated rings. The van der Waals surface area contributed by atoms with E-state index in [1.54, 1.807) is 0 Å². The Morgan fingerprint density at radius 2 is 1.45 bits per heavy atom. The van der Waals surface area contributed by atoms with E-state index < -0.39 is 23.0 Å². The Morgan fingerprint density at radius 3 is 2.16 bits per heavy atom. The molecule has 2 aromatic carbocycles. The van der Waals surface area contributed by atoms with Crippen LogP contribution in [-0.4, -0.2) is 92.1 Å². The quantitative estimate of drug-likeness (QED) is 0.0974. The van der Waals surface area contributed by atoms with Gasteiger partial charge in [0, 0.05) is 97.6 Å². The lowest BCUT2D eigenvalue weighted by atomic mass is 9.33. The number of hydrogen-bond donors (Lipinski definition) is 0. The highest BCUT2D eigenvalue weighted by Gasteiger charge is 2.71. The van der Waals surface area contributed by atoms with Crippen LogP contribution < -0.4 is 14.8 Å². The van der Waals surface area contributed by atoms with Crippen molar-refractivity contribution in [1.29, 1.82) is 0 Å². The Bertz CT molecular complexity index is 3530. The molecule has 12 rings (SSSR count). The van der Waals surface area contributed by atoms with Gasteiger partial charge < -0.3 is 28.6 Å². The number of ether oxygens (including phenoxy) is 2. The van der Waals surface area contributed by atoms with Crippen LogP contribution in [0.4, 0.5) is 5.69 Å². The van der Waals surface area contributed by atoms with Crippen molar-refractivity contribution in [2.45, 2.75) is 178 Å². The fraction of sp³-hybridized carbons (Fsp3) is 0.587. The molecule has 0 unspecified atom stereocenters. The highest BCUT2D eigenvalue weighted by atomic mass is 16.6. The van der Waals surface area contributed by atoms with Gasteiger partial charge in [0.05, 0.1) is 11.5 Å². The molecule has 0 aromatic heterocycles. The summed E-state index contributed by atoms with van der Waals surface area (Å²) in [5.41, 5.74) is 9.87. The molecule has 7 aliphatic carbocycles. The van der Waals surface area contributed by atoms with Gasteiger partial charge in [0.1, 0.15) is 36.8 Å². The van der Waals surface area contributed by atoms with Crippen LogP contribution in [0.5, 0.6) is 0 Å². The summed E-state index contributed by atoms with van der Waals surface area (Å²) in [6, 6.07) is 23.5. The van der Waals surface area contributed by atoms with Crippen molar-refractivity contribution in [3.63, 3.8) is 0 Å². The number of benzene rings is 3. The molecule has 1 saturated heterocycles. The van der Waals surface area contributed by atoms with E-state index in [9.17, 15) is 9.59 Å². The lowest BCUT2D eigenvalue weighted by Crippen LogP contribution is -2.68. The SMILES string of the molecule is CC[N+](CC)=c1ccc2c(-c3ccccc3C(=O)N3CCN(C(=O)[C@]45CC[C@@H](C)[C@H](C)[C@H]4C4=CC[C@@H]6[C@@]7(C)C[C@@H](OC(C)=O)[C@H](OC(C)=O)C(C)(C)[C@@H]7CC[C@@]6(C)[C@]4(C)CC5)CC3)c3c(oc-2c1)/C(=C/C=C1/N(C)c2ccccc2C1(C)C)CCC3. The molecule has 10 aliphatic rings. The van der Waals surface area contributed by atoms with Gasteiger partial charge in [-0.1, -0.05) is 116 Å².